The molecule has 0 aliphatic rings. The van der Waals surface area contributed by atoms with Gasteiger partial charge in [0.1, 0.15) is 16.7 Å². The van der Waals surface area contributed by atoms with Gasteiger partial charge in [-0.15, -0.1) is 0 Å². The van der Waals surface area contributed by atoms with Crippen LogP contribution in [-0.4, -0.2) is 4.98 Å². The molecule has 4 nitrogen and oxygen atoms in total. The topological polar surface area (TPSA) is 42.4 Å². The van der Waals surface area contributed by atoms with E-state index < -0.39 is 0 Å². The molecule has 0 unspecified atom stereocenters. The maximum absolute atomic E-state index is 6.65. The van der Waals surface area contributed by atoms with Crippen LogP contribution >= 0.6 is 0 Å². The van der Waals surface area contributed by atoms with Gasteiger partial charge in [0.15, 0.2) is 5.58 Å². The Kier molecular flexibility index (Phi) is 8.45. The normalized spacial score (nSPS) is 11.4. The van der Waals surface area contributed by atoms with E-state index in [4.69, 9.17) is 13.8 Å². The summed E-state index contributed by atoms with van der Waals surface area (Å²) in [6.45, 7) is 0. The van der Waals surface area contributed by atoms with Crippen molar-refractivity contribution in [3.05, 3.63) is 218 Å². The predicted octanol–water partition coefficient (Wildman–Crippen LogP) is 15.5. The molecule has 0 fully saturated rings. The molecule has 278 valence electrons. The van der Waals surface area contributed by atoms with Gasteiger partial charge in [0, 0.05) is 45.0 Å². The summed E-state index contributed by atoms with van der Waals surface area (Å²) in [6.07, 6.45) is 0. The van der Waals surface area contributed by atoms with Gasteiger partial charge in [0.25, 0.3) is 0 Å². The van der Waals surface area contributed by atoms with Gasteiger partial charge in [-0.3, -0.25) is 0 Å². The maximum Gasteiger partial charge on any atom is 0.227 e. The van der Waals surface area contributed by atoms with Crippen LogP contribution in [0.2, 0.25) is 0 Å². The Morgan fingerprint density at radius 2 is 0.831 bits per heavy atom. The van der Waals surface area contributed by atoms with Gasteiger partial charge < -0.3 is 13.7 Å². The van der Waals surface area contributed by atoms with Crippen molar-refractivity contribution in [2.24, 2.45) is 0 Å². The van der Waals surface area contributed by atoms with Gasteiger partial charge >= 0.3 is 0 Å². The lowest BCUT2D eigenvalue weighted by Gasteiger charge is -2.26. The molecule has 2 heterocycles. The third-order valence-electron chi connectivity index (χ3n) is 11.1. The molecule has 0 spiro atoms. The number of para-hydroxylation sites is 1. The molecule has 4 heteroatoms. The first kappa shape index (κ1) is 34.3. The summed E-state index contributed by atoms with van der Waals surface area (Å²) in [5.74, 6) is 0.579. The van der Waals surface area contributed by atoms with Crippen molar-refractivity contribution in [3.63, 3.8) is 0 Å². The molecule has 0 saturated heterocycles. The maximum atomic E-state index is 6.65. The van der Waals surface area contributed by atoms with Gasteiger partial charge in [-0.2, -0.15) is 0 Å². The number of anilines is 3. The van der Waals surface area contributed by atoms with E-state index in [2.05, 4.69) is 175 Å². The van der Waals surface area contributed by atoms with Crippen molar-refractivity contribution in [1.29, 1.82) is 0 Å². The third kappa shape index (κ3) is 6.34. The molecule has 0 saturated carbocycles. The number of furan rings is 1. The lowest BCUT2D eigenvalue weighted by atomic mass is 9.97. The highest BCUT2D eigenvalue weighted by Crippen LogP contribution is 2.44. The molecule has 11 aromatic rings. The molecule has 0 radical (unpaired) electrons. The third-order valence-corrected chi connectivity index (χ3v) is 11.1. The van der Waals surface area contributed by atoms with E-state index in [0.717, 1.165) is 77.9 Å². The molecule has 59 heavy (non-hydrogen) atoms. The number of hydrogen-bond acceptors (Lipinski definition) is 4. The van der Waals surface area contributed by atoms with Gasteiger partial charge in [-0.05, 0) is 93.5 Å². The summed E-state index contributed by atoms with van der Waals surface area (Å²) in [4.78, 5) is 7.28. The Labute approximate surface area is 341 Å². The van der Waals surface area contributed by atoms with Crippen LogP contribution in [0, 0.1) is 0 Å². The molecule has 0 bridgehead atoms. The Morgan fingerprint density at radius 3 is 1.46 bits per heavy atom. The van der Waals surface area contributed by atoms with Crippen LogP contribution in [0.15, 0.2) is 227 Å². The fourth-order valence-corrected chi connectivity index (χ4v) is 8.22. The molecule has 9 aromatic carbocycles. The van der Waals surface area contributed by atoms with E-state index in [1.807, 2.05) is 48.5 Å². The average molecular weight is 757 g/mol. The molecule has 0 N–H and O–H groups in total. The number of hydrogen-bond donors (Lipinski definition) is 0. The first-order valence-corrected chi connectivity index (χ1v) is 19.9. The Morgan fingerprint density at radius 1 is 0.339 bits per heavy atom. The quantitative estimate of drug-likeness (QED) is 0.155. The van der Waals surface area contributed by atoms with Crippen molar-refractivity contribution in [1.82, 2.24) is 4.98 Å². The first-order chi connectivity index (χ1) is 29.2. The zero-order valence-corrected chi connectivity index (χ0v) is 32.0. The minimum absolute atomic E-state index is 0.579. The summed E-state index contributed by atoms with van der Waals surface area (Å²) >= 11 is 0. The van der Waals surface area contributed by atoms with E-state index in [9.17, 15) is 0 Å². The first-order valence-electron chi connectivity index (χ1n) is 19.9. The number of nitrogens with zero attached hydrogens (tertiary/aromatic N) is 2. The zero-order chi connectivity index (χ0) is 39.1. The summed E-state index contributed by atoms with van der Waals surface area (Å²) in [7, 11) is 0. The number of oxazole rings is 1. The van der Waals surface area contributed by atoms with Gasteiger partial charge in [-0.1, -0.05) is 158 Å². The lowest BCUT2D eigenvalue weighted by molar-refractivity contribution is 0.621. The fourth-order valence-electron chi connectivity index (χ4n) is 8.22. The van der Waals surface area contributed by atoms with E-state index >= 15 is 0 Å². The van der Waals surface area contributed by atoms with Crippen molar-refractivity contribution >= 4 is 50.1 Å². The van der Waals surface area contributed by atoms with Crippen LogP contribution in [-0.2, 0) is 0 Å². The lowest BCUT2D eigenvalue weighted by Crippen LogP contribution is -2.10. The summed E-state index contributed by atoms with van der Waals surface area (Å²) < 4.78 is 13.1. The second kappa shape index (κ2) is 14.5. The molecule has 2 aromatic heterocycles. The minimum Gasteiger partial charge on any atom is -0.456 e. The number of benzene rings is 9. The highest BCUT2D eigenvalue weighted by atomic mass is 16.4. The van der Waals surface area contributed by atoms with Crippen molar-refractivity contribution in [2.45, 2.75) is 0 Å². The van der Waals surface area contributed by atoms with Crippen molar-refractivity contribution in [3.8, 4) is 56.0 Å². The monoisotopic (exact) mass is 756 g/mol. The van der Waals surface area contributed by atoms with Crippen molar-refractivity contribution in [2.75, 3.05) is 4.90 Å². The van der Waals surface area contributed by atoms with Crippen molar-refractivity contribution < 1.29 is 8.83 Å². The largest absolute Gasteiger partial charge is 0.456 e. The van der Waals surface area contributed by atoms with Gasteiger partial charge in [0.05, 0.1) is 0 Å². The smallest absolute Gasteiger partial charge is 0.227 e. The molecule has 0 atom stereocenters. The summed E-state index contributed by atoms with van der Waals surface area (Å²) in [5, 5.41) is 2.05. The van der Waals surface area contributed by atoms with Gasteiger partial charge in [0.2, 0.25) is 5.89 Å². The molecule has 0 aliphatic heterocycles. The van der Waals surface area contributed by atoms with E-state index in [0.29, 0.717) is 5.89 Å². The Hall–Kier alpha value is -7.95. The predicted molar refractivity (Wildman–Crippen MR) is 243 cm³/mol. The second-order valence-electron chi connectivity index (χ2n) is 14.7. The highest BCUT2D eigenvalue weighted by molar-refractivity contribution is 6.19. The Bertz CT molecular complexity index is 3220. The van der Waals surface area contributed by atoms with Gasteiger partial charge in [-0.25, -0.2) is 4.98 Å². The Balaban J connectivity index is 1.02. The SMILES string of the molecule is c1ccc(-c2ccc(-c3ccc(N(c4ccc(-c5c6oc(-c7ccccc7)nc6cc6oc7ccccc7c56)cc4)c4cccc(-c5ccccc5)c4)cc3)cc2)cc1. The molecule has 0 amide bonds. The number of fused-ring (bicyclic) bond motifs is 4. The van der Waals surface area contributed by atoms with E-state index in [1.54, 1.807) is 0 Å². The zero-order valence-electron chi connectivity index (χ0n) is 32.0. The van der Waals surface area contributed by atoms with Crippen LogP contribution < -0.4 is 4.90 Å². The van der Waals surface area contributed by atoms with Crippen LogP contribution in [0.25, 0.3) is 89.0 Å². The molecular weight excluding hydrogens is 721 g/mol. The fraction of sp³-hybridized carbons (Fsp3) is 0. The summed E-state index contributed by atoms with van der Waals surface area (Å²) in [6, 6.07) is 76.4. The van der Waals surface area contributed by atoms with Crippen LogP contribution in [0.3, 0.4) is 0 Å². The molecule has 11 rings (SSSR count). The molecule has 0 aliphatic carbocycles. The highest BCUT2D eigenvalue weighted by Gasteiger charge is 2.22. The number of aromatic nitrogens is 1. The average Bonchev–Trinajstić information content (AvgIpc) is 3.91. The standard InChI is InChI=1S/C55H36N2O2/c1-4-13-37(14-5-1)39-23-25-40(26-24-39)41-27-31-45(32-28-41)57(47-20-12-19-44(35-47)38-15-6-2-7-16-38)46-33-29-42(30-34-46)52-53-48-21-10-11-22-50(48)58-51(53)36-49-54(52)59-55(56-49)43-17-8-3-9-18-43/h1-36H. The van der Waals surface area contributed by atoms with Crippen LogP contribution in [0.5, 0.6) is 0 Å². The molecular formula is C55H36N2O2. The minimum atomic E-state index is 0.579. The van der Waals surface area contributed by atoms with Crippen LogP contribution in [0.1, 0.15) is 0 Å². The summed E-state index contributed by atoms with van der Waals surface area (Å²) in [5.41, 5.74) is 16.2. The number of rotatable bonds is 8. The van der Waals surface area contributed by atoms with E-state index in [1.165, 1.54) is 22.3 Å². The van der Waals surface area contributed by atoms with Crippen LogP contribution in [0.4, 0.5) is 17.1 Å². The van der Waals surface area contributed by atoms with E-state index in [-0.39, 0.29) is 0 Å². The second-order valence-corrected chi connectivity index (χ2v) is 14.7.